The van der Waals surface area contributed by atoms with Crippen LogP contribution in [0.1, 0.15) is 36.0 Å². The van der Waals surface area contributed by atoms with Gasteiger partial charge in [0, 0.05) is 26.7 Å². The number of hydrogen-bond acceptors (Lipinski definition) is 5. The summed E-state index contributed by atoms with van der Waals surface area (Å²) in [4.78, 5) is 29.1. The van der Waals surface area contributed by atoms with Crippen LogP contribution in [0.3, 0.4) is 0 Å². The predicted molar refractivity (Wildman–Crippen MR) is 99.8 cm³/mol. The molecule has 2 amide bonds. The van der Waals surface area contributed by atoms with Crippen LogP contribution in [0.4, 0.5) is 8.78 Å². The van der Waals surface area contributed by atoms with E-state index in [1.807, 2.05) is 0 Å². The highest BCUT2D eigenvalue weighted by molar-refractivity contribution is 6.00. The quantitative estimate of drug-likeness (QED) is 0.772. The molecule has 160 valence electrons. The van der Waals surface area contributed by atoms with Gasteiger partial charge in [0.05, 0.1) is 17.8 Å². The van der Waals surface area contributed by atoms with Crippen molar-refractivity contribution in [3.05, 3.63) is 29.8 Å². The highest BCUT2D eigenvalue weighted by Crippen LogP contribution is 2.29. The lowest BCUT2D eigenvalue weighted by Crippen LogP contribution is -2.54. The lowest BCUT2D eigenvalue weighted by Gasteiger charge is -2.39. The summed E-state index contributed by atoms with van der Waals surface area (Å²) in [7, 11) is 1.52. The van der Waals surface area contributed by atoms with E-state index in [-0.39, 0.29) is 23.8 Å². The molecular formula is C20H26F2N2O5. The van der Waals surface area contributed by atoms with E-state index in [4.69, 9.17) is 4.74 Å². The van der Waals surface area contributed by atoms with Crippen LogP contribution in [0.15, 0.2) is 24.3 Å². The maximum atomic E-state index is 13.0. The maximum Gasteiger partial charge on any atom is 0.387 e. The monoisotopic (exact) mass is 412 g/mol. The predicted octanol–water partition coefficient (Wildman–Crippen LogP) is 1.89. The summed E-state index contributed by atoms with van der Waals surface area (Å²) in [5, 5.41) is 10.4. The van der Waals surface area contributed by atoms with Crippen molar-refractivity contribution in [1.29, 1.82) is 0 Å². The number of methoxy groups -OCH3 is 1. The van der Waals surface area contributed by atoms with E-state index in [0.29, 0.717) is 45.3 Å². The van der Waals surface area contributed by atoms with E-state index >= 15 is 0 Å². The van der Waals surface area contributed by atoms with Crippen LogP contribution in [-0.4, -0.2) is 78.3 Å². The average Bonchev–Trinajstić information content (AvgIpc) is 3.17. The third-order valence-electron chi connectivity index (χ3n) is 5.55. The zero-order valence-corrected chi connectivity index (χ0v) is 16.4. The largest absolute Gasteiger partial charge is 0.434 e. The molecule has 0 aromatic heterocycles. The molecule has 2 fully saturated rings. The summed E-state index contributed by atoms with van der Waals surface area (Å²) in [6, 6.07) is 5.17. The van der Waals surface area contributed by atoms with Gasteiger partial charge in [-0.1, -0.05) is 12.1 Å². The fraction of sp³-hybridized carbons (Fsp3) is 0.600. The number of alkyl halides is 2. The average molecular weight is 412 g/mol. The second-order valence-electron chi connectivity index (χ2n) is 7.51. The van der Waals surface area contributed by atoms with Gasteiger partial charge in [-0.3, -0.25) is 9.59 Å². The number of nitrogens with zero attached hydrogens (tertiary/aromatic N) is 2. The number of piperidine rings is 1. The number of ether oxygens (including phenoxy) is 2. The third-order valence-corrected chi connectivity index (χ3v) is 5.55. The summed E-state index contributed by atoms with van der Waals surface area (Å²) in [5.41, 5.74) is -0.928. The molecule has 0 saturated carbocycles. The van der Waals surface area contributed by atoms with Crippen LogP contribution in [0, 0.1) is 0 Å². The summed E-state index contributed by atoms with van der Waals surface area (Å²) >= 11 is 0. The molecular weight excluding hydrogens is 386 g/mol. The number of hydrogen-bond donors (Lipinski definition) is 1. The number of carbonyl (C=O) groups excluding carboxylic acids is 2. The standard InChI is InChI=1S/C20H26F2N2O5/c1-28-13-20(27)8-11-23(12-9-20)18(26)15-6-4-10-24(15)17(25)14-5-2-3-7-16(14)29-19(21)22/h2-3,5,7,15,19,27H,4,6,8-13H2,1H3. The Balaban J connectivity index is 1.70. The molecule has 1 aromatic rings. The van der Waals surface area contributed by atoms with Gasteiger partial charge >= 0.3 is 6.61 Å². The number of para-hydroxylation sites is 1. The van der Waals surface area contributed by atoms with Crippen LogP contribution in [0.5, 0.6) is 5.75 Å². The molecule has 29 heavy (non-hydrogen) atoms. The van der Waals surface area contributed by atoms with Crippen LogP contribution >= 0.6 is 0 Å². The number of amides is 2. The Kier molecular flexibility index (Phi) is 6.69. The highest BCUT2D eigenvalue weighted by atomic mass is 19.3. The van der Waals surface area contributed by atoms with Crippen molar-refractivity contribution < 1.29 is 33.0 Å². The van der Waals surface area contributed by atoms with E-state index in [9.17, 15) is 23.5 Å². The molecule has 1 unspecified atom stereocenters. The maximum absolute atomic E-state index is 13.0. The first-order valence-electron chi connectivity index (χ1n) is 9.69. The van der Waals surface area contributed by atoms with Crippen molar-refractivity contribution in [2.75, 3.05) is 33.4 Å². The minimum Gasteiger partial charge on any atom is -0.434 e. The van der Waals surface area contributed by atoms with Gasteiger partial charge in [-0.25, -0.2) is 0 Å². The summed E-state index contributed by atoms with van der Waals surface area (Å²) in [5.74, 6) is -0.874. The van der Waals surface area contributed by atoms with E-state index in [1.54, 1.807) is 11.0 Å². The normalized spacial score (nSPS) is 21.5. The van der Waals surface area contributed by atoms with Gasteiger partial charge in [0.15, 0.2) is 0 Å². The van der Waals surface area contributed by atoms with E-state index in [0.717, 1.165) is 0 Å². The number of carbonyl (C=O) groups is 2. The third kappa shape index (κ3) is 4.84. The Bertz CT molecular complexity index is 737. The first-order valence-corrected chi connectivity index (χ1v) is 9.69. The smallest absolute Gasteiger partial charge is 0.387 e. The molecule has 0 aliphatic carbocycles. The van der Waals surface area contributed by atoms with Crippen LogP contribution in [0.25, 0.3) is 0 Å². The first kappa shape index (κ1) is 21.4. The van der Waals surface area contributed by atoms with E-state index in [1.165, 1.54) is 30.2 Å². The van der Waals surface area contributed by atoms with Gasteiger partial charge in [-0.15, -0.1) is 0 Å². The molecule has 0 spiro atoms. The molecule has 3 rings (SSSR count). The van der Waals surface area contributed by atoms with Crippen LogP contribution in [-0.2, 0) is 9.53 Å². The number of likely N-dealkylation sites (tertiary alicyclic amines) is 2. The van der Waals surface area contributed by atoms with E-state index < -0.39 is 24.2 Å². The van der Waals surface area contributed by atoms with Gasteiger partial charge < -0.3 is 24.4 Å². The van der Waals surface area contributed by atoms with Gasteiger partial charge in [-0.2, -0.15) is 8.78 Å². The second kappa shape index (κ2) is 9.04. The zero-order chi connectivity index (χ0) is 21.0. The van der Waals surface area contributed by atoms with Crippen LogP contribution < -0.4 is 4.74 Å². The lowest BCUT2D eigenvalue weighted by molar-refractivity contribution is -0.141. The minimum absolute atomic E-state index is 0.0145. The minimum atomic E-state index is -3.04. The van der Waals surface area contributed by atoms with Gasteiger partial charge in [0.25, 0.3) is 5.91 Å². The molecule has 1 N–H and O–H groups in total. The fourth-order valence-electron chi connectivity index (χ4n) is 4.03. The highest BCUT2D eigenvalue weighted by Gasteiger charge is 2.40. The van der Waals surface area contributed by atoms with Crippen molar-refractivity contribution in [2.45, 2.75) is 43.9 Å². The molecule has 1 aromatic carbocycles. The Morgan fingerprint density at radius 1 is 1.24 bits per heavy atom. The number of benzene rings is 1. The fourth-order valence-corrected chi connectivity index (χ4v) is 4.03. The topological polar surface area (TPSA) is 79.3 Å². The molecule has 9 heteroatoms. The molecule has 2 saturated heterocycles. The van der Waals surface area contributed by atoms with Crippen molar-refractivity contribution in [1.82, 2.24) is 9.80 Å². The van der Waals surface area contributed by atoms with Crippen molar-refractivity contribution in [2.24, 2.45) is 0 Å². The van der Waals surface area contributed by atoms with Crippen LogP contribution in [0.2, 0.25) is 0 Å². The second-order valence-corrected chi connectivity index (χ2v) is 7.51. The molecule has 0 bridgehead atoms. The summed E-state index contributed by atoms with van der Waals surface area (Å²) in [6.07, 6.45) is 1.97. The summed E-state index contributed by atoms with van der Waals surface area (Å²) < 4.78 is 34.9. The number of halogens is 2. The van der Waals surface area contributed by atoms with Gasteiger partial charge in [0.2, 0.25) is 5.91 Å². The Morgan fingerprint density at radius 2 is 1.93 bits per heavy atom. The lowest BCUT2D eigenvalue weighted by atomic mass is 9.92. The Hall–Kier alpha value is -2.26. The summed E-state index contributed by atoms with van der Waals surface area (Å²) in [6.45, 7) is -1.70. The molecule has 1 atom stereocenters. The number of rotatable bonds is 6. The van der Waals surface area contributed by atoms with Gasteiger partial charge in [0.1, 0.15) is 11.8 Å². The SMILES string of the molecule is COCC1(O)CCN(C(=O)C2CCCN2C(=O)c2ccccc2OC(F)F)CC1. The first-order chi connectivity index (χ1) is 13.8. The molecule has 0 radical (unpaired) electrons. The van der Waals surface area contributed by atoms with E-state index in [2.05, 4.69) is 4.74 Å². The van der Waals surface area contributed by atoms with Crippen molar-refractivity contribution in [3.8, 4) is 5.75 Å². The van der Waals surface area contributed by atoms with Crippen molar-refractivity contribution in [3.63, 3.8) is 0 Å². The molecule has 2 heterocycles. The van der Waals surface area contributed by atoms with Crippen molar-refractivity contribution >= 4 is 11.8 Å². The number of aliphatic hydroxyl groups is 1. The molecule has 7 nitrogen and oxygen atoms in total. The molecule has 2 aliphatic heterocycles. The Labute approximate surface area is 168 Å². The zero-order valence-electron chi connectivity index (χ0n) is 16.4. The van der Waals surface area contributed by atoms with Gasteiger partial charge in [-0.05, 0) is 37.8 Å². The molecule has 2 aliphatic rings. The Morgan fingerprint density at radius 3 is 2.59 bits per heavy atom.